The van der Waals surface area contributed by atoms with Crippen LogP contribution >= 0.6 is 11.3 Å². The quantitative estimate of drug-likeness (QED) is 0.856. The van der Waals surface area contributed by atoms with E-state index in [9.17, 15) is 4.79 Å². The van der Waals surface area contributed by atoms with E-state index >= 15 is 0 Å². The molecule has 0 unspecified atom stereocenters. The van der Waals surface area contributed by atoms with Crippen molar-refractivity contribution in [2.24, 2.45) is 0 Å². The highest BCUT2D eigenvalue weighted by Crippen LogP contribution is 2.15. The van der Waals surface area contributed by atoms with E-state index in [-0.39, 0.29) is 5.69 Å². The van der Waals surface area contributed by atoms with Crippen molar-refractivity contribution in [1.29, 1.82) is 0 Å². The topological polar surface area (TPSA) is 88.0 Å². The molecule has 2 heterocycles. The highest BCUT2D eigenvalue weighted by molar-refractivity contribution is 7.13. The number of anilines is 1. The molecule has 2 N–H and O–H groups in total. The fourth-order valence-corrected chi connectivity index (χ4v) is 1.91. The molecule has 0 fully saturated rings. The number of nitrogens with zero attached hydrogens (tertiary/aromatic N) is 3. The number of thiazole rings is 1. The van der Waals surface area contributed by atoms with Gasteiger partial charge in [0.25, 0.3) is 0 Å². The van der Waals surface area contributed by atoms with E-state index in [1.165, 1.54) is 16.7 Å². The van der Waals surface area contributed by atoms with E-state index in [1.54, 1.807) is 12.3 Å². The number of carbonyl (C=O) groups is 1. The molecular formula is C10H10N4O2S. The molecule has 0 aliphatic heterocycles. The molecule has 2 aromatic heterocycles. The molecule has 0 radical (unpaired) electrons. The molecule has 7 heteroatoms. The van der Waals surface area contributed by atoms with Crippen LogP contribution in [0.4, 0.5) is 5.13 Å². The number of nitrogens with one attached hydrogen (secondary N) is 1. The lowest BCUT2D eigenvalue weighted by molar-refractivity contribution is 0.0691. The number of rotatable bonds is 4. The van der Waals surface area contributed by atoms with Gasteiger partial charge in [0.2, 0.25) is 0 Å². The lowest BCUT2D eigenvalue weighted by atomic mass is 10.4. The summed E-state index contributed by atoms with van der Waals surface area (Å²) in [4.78, 5) is 22.8. The van der Waals surface area contributed by atoms with Gasteiger partial charge in [0, 0.05) is 11.6 Å². The lowest BCUT2D eigenvalue weighted by Gasteiger charge is -2.02. The lowest BCUT2D eigenvalue weighted by Crippen LogP contribution is -2.03. The van der Waals surface area contributed by atoms with E-state index in [0.29, 0.717) is 17.5 Å². The molecule has 88 valence electrons. The summed E-state index contributed by atoms with van der Waals surface area (Å²) < 4.78 is 0. The third-order valence-electron chi connectivity index (χ3n) is 1.98. The third-order valence-corrected chi connectivity index (χ3v) is 2.78. The normalized spacial score (nSPS) is 10.2. The molecule has 0 aliphatic rings. The fourth-order valence-electron chi connectivity index (χ4n) is 1.22. The number of aryl methyl sites for hydroxylation is 1. The Morgan fingerprint density at radius 3 is 3.00 bits per heavy atom. The van der Waals surface area contributed by atoms with Crippen molar-refractivity contribution >= 4 is 22.4 Å². The maximum absolute atomic E-state index is 10.6. The van der Waals surface area contributed by atoms with E-state index in [4.69, 9.17) is 5.11 Å². The van der Waals surface area contributed by atoms with Gasteiger partial charge in [0.1, 0.15) is 5.82 Å². The summed E-state index contributed by atoms with van der Waals surface area (Å²) in [5.41, 5.74) is 0.890. The van der Waals surface area contributed by atoms with Crippen LogP contribution in [0.3, 0.4) is 0 Å². The van der Waals surface area contributed by atoms with Gasteiger partial charge in [-0.2, -0.15) is 0 Å². The number of carboxylic acids is 1. The van der Waals surface area contributed by atoms with Crippen molar-refractivity contribution in [3.8, 4) is 0 Å². The number of hydrogen-bond donors (Lipinski definition) is 2. The minimum Gasteiger partial charge on any atom is -0.476 e. The fraction of sp³-hybridized carbons (Fsp3) is 0.200. The molecule has 0 saturated heterocycles. The van der Waals surface area contributed by atoms with Gasteiger partial charge in [0.05, 0.1) is 12.2 Å². The van der Waals surface area contributed by atoms with Gasteiger partial charge in [-0.05, 0) is 13.0 Å². The van der Waals surface area contributed by atoms with Gasteiger partial charge < -0.3 is 10.4 Å². The third kappa shape index (κ3) is 2.97. The molecule has 0 bridgehead atoms. The molecule has 0 atom stereocenters. The Bertz CT molecular complexity index is 541. The number of carboxylic acid groups (broad SMARTS) is 1. The minimum atomic E-state index is -1.02. The standard InChI is InChI=1S/C10H10N4O2S/c1-6-11-3-2-7(13-6)4-12-10-14-8(5-17-10)9(15)16/h2-3,5H,4H2,1H3,(H,12,14)(H,15,16). The Labute approximate surface area is 101 Å². The van der Waals surface area contributed by atoms with Crippen molar-refractivity contribution < 1.29 is 9.90 Å². The highest BCUT2D eigenvalue weighted by atomic mass is 32.1. The highest BCUT2D eigenvalue weighted by Gasteiger charge is 2.08. The van der Waals surface area contributed by atoms with Crippen LogP contribution in [0.25, 0.3) is 0 Å². The Hall–Kier alpha value is -2.02. The molecule has 0 aliphatic carbocycles. The van der Waals surface area contributed by atoms with Crippen molar-refractivity contribution in [1.82, 2.24) is 15.0 Å². The first-order valence-corrected chi connectivity index (χ1v) is 5.74. The van der Waals surface area contributed by atoms with Gasteiger partial charge in [-0.1, -0.05) is 0 Å². The first kappa shape index (κ1) is 11.5. The minimum absolute atomic E-state index is 0.0522. The first-order valence-electron chi connectivity index (χ1n) is 4.86. The summed E-state index contributed by atoms with van der Waals surface area (Å²) in [5, 5.41) is 13.8. The molecule has 0 saturated carbocycles. The number of hydrogen-bond acceptors (Lipinski definition) is 6. The van der Waals surface area contributed by atoms with E-state index in [1.807, 2.05) is 6.92 Å². The van der Waals surface area contributed by atoms with Gasteiger partial charge in [-0.3, -0.25) is 0 Å². The predicted molar refractivity (Wildman–Crippen MR) is 63.2 cm³/mol. The van der Waals surface area contributed by atoms with Crippen LogP contribution in [-0.2, 0) is 6.54 Å². The molecule has 0 spiro atoms. The second-order valence-electron chi connectivity index (χ2n) is 3.29. The smallest absolute Gasteiger partial charge is 0.355 e. The Kier molecular flexibility index (Phi) is 3.29. The Morgan fingerprint density at radius 1 is 1.53 bits per heavy atom. The second kappa shape index (κ2) is 4.88. The SMILES string of the molecule is Cc1nccc(CNc2nc(C(=O)O)cs2)n1. The zero-order chi connectivity index (χ0) is 12.3. The zero-order valence-electron chi connectivity index (χ0n) is 9.04. The molecule has 0 amide bonds. The average molecular weight is 250 g/mol. The van der Waals surface area contributed by atoms with Gasteiger partial charge in [-0.15, -0.1) is 11.3 Å². The summed E-state index contributed by atoms with van der Waals surface area (Å²) in [6.07, 6.45) is 1.68. The summed E-state index contributed by atoms with van der Waals surface area (Å²) in [5.74, 6) is -0.318. The Balaban J connectivity index is 2.00. The average Bonchev–Trinajstić information content (AvgIpc) is 2.75. The van der Waals surface area contributed by atoms with Crippen LogP contribution in [0.2, 0.25) is 0 Å². The molecule has 2 rings (SSSR count). The van der Waals surface area contributed by atoms with Crippen LogP contribution in [0, 0.1) is 6.92 Å². The zero-order valence-corrected chi connectivity index (χ0v) is 9.86. The number of aromatic nitrogens is 3. The summed E-state index contributed by atoms with van der Waals surface area (Å²) >= 11 is 1.25. The van der Waals surface area contributed by atoms with Crippen LogP contribution in [0.5, 0.6) is 0 Å². The van der Waals surface area contributed by atoms with Crippen molar-refractivity contribution in [2.45, 2.75) is 13.5 Å². The largest absolute Gasteiger partial charge is 0.476 e. The van der Waals surface area contributed by atoms with Crippen LogP contribution in [-0.4, -0.2) is 26.0 Å². The second-order valence-corrected chi connectivity index (χ2v) is 4.15. The molecule has 17 heavy (non-hydrogen) atoms. The summed E-state index contributed by atoms with van der Waals surface area (Å²) in [7, 11) is 0. The molecule has 2 aromatic rings. The van der Waals surface area contributed by atoms with Crippen molar-refractivity contribution in [3.05, 3.63) is 34.9 Å². The van der Waals surface area contributed by atoms with Crippen LogP contribution < -0.4 is 5.32 Å². The van der Waals surface area contributed by atoms with Crippen molar-refractivity contribution in [2.75, 3.05) is 5.32 Å². The van der Waals surface area contributed by atoms with Crippen LogP contribution in [0.15, 0.2) is 17.6 Å². The molecule has 0 aromatic carbocycles. The maximum Gasteiger partial charge on any atom is 0.355 e. The maximum atomic E-state index is 10.6. The predicted octanol–water partition coefficient (Wildman–Crippen LogP) is 1.55. The van der Waals surface area contributed by atoms with Gasteiger partial charge >= 0.3 is 5.97 Å². The van der Waals surface area contributed by atoms with E-state index in [0.717, 1.165) is 5.69 Å². The van der Waals surface area contributed by atoms with Gasteiger partial charge in [0.15, 0.2) is 10.8 Å². The molecular weight excluding hydrogens is 240 g/mol. The Morgan fingerprint density at radius 2 is 2.35 bits per heavy atom. The van der Waals surface area contributed by atoms with E-state index < -0.39 is 5.97 Å². The molecule has 6 nitrogen and oxygen atoms in total. The van der Waals surface area contributed by atoms with Crippen molar-refractivity contribution in [3.63, 3.8) is 0 Å². The monoisotopic (exact) mass is 250 g/mol. The van der Waals surface area contributed by atoms with Gasteiger partial charge in [-0.25, -0.2) is 19.7 Å². The number of aromatic carboxylic acids is 1. The van der Waals surface area contributed by atoms with E-state index in [2.05, 4.69) is 20.3 Å². The van der Waals surface area contributed by atoms with Crippen LogP contribution in [0.1, 0.15) is 22.0 Å². The summed E-state index contributed by atoms with van der Waals surface area (Å²) in [6.45, 7) is 2.31. The first-order chi connectivity index (χ1) is 8.15. The summed E-state index contributed by atoms with van der Waals surface area (Å²) in [6, 6.07) is 1.80.